The fraction of sp³-hybridized carbons (Fsp3) is 0.133. The van der Waals surface area contributed by atoms with Crippen molar-refractivity contribution in [3.63, 3.8) is 0 Å². The van der Waals surface area contributed by atoms with Crippen LogP contribution in [0.25, 0.3) is 0 Å². The van der Waals surface area contributed by atoms with Crippen LogP contribution in [-0.2, 0) is 15.8 Å². The molecule has 0 aliphatic heterocycles. The molecular formula is C15H14F3N3O2. The van der Waals surface area contributed by atoms with Crippen LogP contribution < -0.4 is 10.6 Å². The van der Waals surface area contributed by atoms with Crippen LogP contribution in [0.1, 0.15) is 5.56 Å². The minimum absolute atomic E-state index is 0.239. The number of para-hydroxylation sites is 1. The first kappa shape index (κ1) is 18.1. The average Bonchev–Trinajstić information content (AvgIpc) is 2.51. The highest BCUT2D eigenvalue weighted by Crippen LogP contribution is 2.34. The second kappa shape index (κ2) is 7.92. The Morgan fingerprint density at radius 1 is 1.09 bits per heavy atom. The Hall–Kier alpha value is -2.90. The molecule has 0 aliphatic rings. The third-order valence-corrected chi connectivity index (χ3v) is 2.60. The molecule has 0 spiro atoms. The van der Waals surface area contributed by atoms with Crippen molar-refractivity contribution in [2.45, 2.75) is 6.18 Å². The van der Waals surface area contributed by atoms with Crippen LogP contribution in [0.15, 0.2) is 48.8 Å². The lowest BCUT2D eigenvalue weighted by molar-refractivity contribution is -0.137. The van der Waals surface area contributed by atoms with E-state index in [1.165, 1.54) is 31.4 Å². The summed E-state index contributed by atoms with van der Waals surface area (Å²) in [5.74, 6) is -1.74. The average molecular weight is 325 g/mol. The number of rotatable bonds is 7. The molecule has 1 rings (SSSR count). The van der Waals surface area contributed by atoms with Crippen molar-refractivity contribution in [1.29, 1.82) is 5.41 Å². The molecule has 3 N–H and O–H groups in total. The first-order valence-electron chi connectivity index (χ1n) is 6.37. The van der Waals surface area contributed by atoms with Crippen LogP contribution in [-0.4, -0.2) is 24.3 Å². The van der Waals surface area contributed by atoms with Gasteiger partial charge in [-0.25, -0.2) is 0 Å². The fourth-order valence-corrected chi connectivity index (χ4v) is 1.51. The van der Waals surface area contributed by atoms with Crippen LogP contribution in [0.3, 0.4) is 0 Å². The van der Waals surface area contributed by atoms with Gasteiger partial charge in [0, 0.05) is 31.6 Å². The molecule has 0 atom stereocenters. The summed E-state index contributed by atoms with van der Waals surface area (Å²) in [5.41, 5.74) is -1.92. The van der Waals surface area contributed by atoms with E-state index in [4.69, 9.17) is 5.41 Å². The number of nitrogens with one attached hydrogen (secondary N) is 3. The fourth-order valence-electron chi connectivity index (χ4n) is 1.51. The van der Waals surface area contributed by atoms with Crippen molar-refractivity contribution in [3.05, 3.63) is 54.4 Å². The first-order chi connectivity index (χ1) is 10.8. The quantitative estimate of drug-likeness (QED) is 0.409. The Labute approximate surface area is 130 Å². The Morgan fingerprint density at radius 3 is 2.22 bits per heavy atom. The second-order valence-corrected chi connectivity index (χ2v) is 4.25. The number of hydrogen-bond donors (Lipinski definition) is 3. The van der Waals surface area contributed by atoms with Crippen LogP contribution >= 0.6 is 0 Å². The monoisotopic (exact) mass is 325 g/mol. The Kier molecular flexibility index (Phi) is 6.25. The van der Waals surface area contributed by atoms with Crippen molar-refractivity contribution < 1.29 is 22.8 Å². The van der Waals surface area contributed by atoms with Gasteiger partial charge in [0.1, 0.15) is 5.71 Å². The van der Waals surface area contributed by atoms with Crippen molar-refractivity contribution in [3.8, 4) is 0 Å². The summed E-state index contributed by atoms with van der Waals surface area (Å²) >= 11 is 0. The highest BCUT2D eigenvalue weighted by atomic mass is 19.4. The van der Waals surface area contributed by atoms with Gasteiger partial charge in [-0.1, -0.05) is 12.1 Å². The minimum atomic E-state index is -4.54. The van der Waals surface area contributed by atoms with E-state index in [1.54, 1.807) is 0 Å². The van der Waals surface area contributed by atoms with Gasteiger partial charge in [0.05, 0.1) is 11.3 Å². The number of alkyl halides is 3. The van der Waals surface area contributed by atoms with E-state index in [-0.39, 0.29) is 5.69 Å². The molecule has 0 heterocycles. The topological polar surface area (TPSA) is 82.1 Å². The summed E-state index contributed by atoms with van der Waals surface area (Å²) in [5, 5.41) is 12.2. The van der Waals surface area contributed by atoms with E-state index in [9.17, 15) is 22.8 Å². The molecule has 0 saturated carbocycles. The number of halogens is 3. The van der Waals surface area contributed by atoms with Crippen LogP contribution in [0.5, 0.6) is 0 Å². The zero-order valence-electron chi connectivity index (χ0n) is 12.1. The molecule has 23 heavy (non-hydrogen) atoms. The summed E-state index contributed by atoms with van der Waals surface area (Å²) in [6, 6.07) is 4.74. The van der Waals surface area contributed by atoms with E-state index >= 15 is 0 Å². The molecule has 0 amide bonds. The van der Waals surface area contributed by atoms with E-state index in [0.29, 0.717) is 0 Å². The van der Waals surface area contributed by atoms with Crippen molar-refractivity contribution in [2.24, 2.45) is 0 Å². The van der Waals surface area contributed by atoms with Gasteiger partial charge in [0.25, 0.3) is 0 Å². The van der Waals surface area contributed by atoms with Gasteiger partial charge in [-0.15, -0.1) is 0 Å². The zero-order valence-corrected chi connectivity index (χ0v) is 12.1. The molecule has 0 fully saturated rings. The van der Waals surface area contributed by atoms with Crippen LogP contribution in [0, 0.1) is 5.41 Å². The number of ketones is 2. The molecule has 0 aromatic heterocycles. The van der Waals surface area contributed by atoms with E-state index in [2.05, 4.69) is 10.6 Å². The summed E-state index contributed by atoms with van der Waals surface area (Å²) in [6.45, 7) is 0. The largest absolute Gasteiger partial charge is 0.418 e. The summed E-state index contributed by atoms with van der Waals surface area (Å²) < 4.78 is 38.3. The SMILES string of the molecule is CN/C=C/C(=O)C(=N)C(=O)/C=C\Nc1ccccc1C(F)(F)F. The third-order valence-electron chi connectivity index (χ3n) is 2.60. The summed E-state index contributed by atoms with van der Waals surface area (Å²) in [6.07, 6.45) is -0.509. The molecular weight excluding hydrogens is 311 g/mol. The number of allylic oxidation sites excluding steroid dienone is 2. The lowest BCUT2D eigenvalue weighted by Crippen LogP contribution is -2.20. The third kappa shape index (κ3) is 5.42. The molecule has 0 aliphatic carbocycles. The summed E-state index contributed by atoms with van der Waals surface area (Å²) in [7, 11) is 1.54. The highest BCUT2D eigenvalue weighted by Gasteiger charge is 2.32. The summed E-state index contributed by atoms with van der Waals surface area (Å²) in [4.78, 5) is 23.0. The molecule has 0 radical (unpaired) electrons. The van der Waals surface area contributed by atoms with E-state index in [0.717, 1.165) is 24.4 Å². The number of benzene rings is 1. The number of anilines is 1. The van der Waals surface area contributed by atoms with Crippen LogP contribution in [0.4, 0.5) is 18.9 Å². The Bertz CT molecular complexity index is 664. The maximum atomic E-state index is 12.8. The second-order valence-electron chi connectivity index (χ2n) is 4.25. The molecule has 0 unspecified atom stereocenters. The highest BCUT2D eigenvalue weighted by molar-refractivity contribution is 6.69. The molecule has 1 aromatic rings. The van der Waals surface area contributed by atoms with Gasteiger partial charge in [-0.3, -0.25) is 15.0 Å². The predicted molar refractivity (Wildman–Crippen MR) is 80.1 cm³/mol. The van der Waals surface area contributed by atoms with Gasteiger partial charge in [-0.2, -0.15) is 13.2 Å². The smallest absolute Gasteiger partial charge is 0.394 e. The lowest BCUT2D eigenvalue weighted by Gasteiger charge is -2.11. The lowest BCUT2D eigenvalue weighted by atomic mass is 10.1. The van der Waals surface area contributed by atoms with E-state index in [1.807, 2.05) is 0 Å². The molecule has 1 aromatic carbocycles. The minimum Gasteiger partial charge on any atom is -0.394 e. The number of carbonyl (C=O) groups excluding carboxylic acids is 2. The zero-order chi connectivity index (χ0) is 17.5. The molecule has 5 nitrogen and oxygen atoms in total. The van der Waals surface area contributed by atoms with E-state index < -0.39 is 29.0 Å². The number of carbonyl (C=O) groups is 2. The number of hydrogen-bond acceptors (Lipinski definition) is 5. The maximum Gasteiger partial charge on any atom is 0.418 e. The molecule has 0 saturated heterocycles. The maximum absolute atomic E-state index is 12.8. The molecule has 122 valence electrons. The van der Waals surface area contributed by atoms with Gasteiger partial charge >= 0.3 is 6.18 Å². The Morgan fingerprint density at radius 2 is 1.65 bits per heavy atom. The molecule has 8 heteroatoms. The van der Waals surface area contributed by atoms with Gasteiger partial charge in [0.2, 0.25) is 11.6 Å². The Balaban J connectivity index is 2.77. The van der Waals surface area contributed by atoms with Gasteiger partial charge in [0.15, 0.2) is 0 Å². The van der Waals surface area contributed by atoms with Gasteiger partial charge < -0.3 is 10.6 Å². The van der Waals surface area contributed by atoms with Crippen molar-refractivity contribution in [2.75, 3.05) is 12.4 Å². The normalized spacial score (nSPS) is 11.7. The van der Waals surface area contributed by atoms with Crippen molar-refractivity contribution in [1.82, 2.24) is 5.32 Å². The predicted octanol–water partition coefficient (Wildman–Crippen LogP) is 2.52. The first-order valence-corrected chi connectivity index (χ1v) is 6.37. The van der Waals surface area contributed by atoms with Gasteiger partial charge in [-0.05, 0) is 12.1 Å². The van der Waals surface area contributed by atoms with Crippen molar-refractivity contribution >= 4 is 23.0 Å². The standard InChI is InChI=1S/C15H14F3N3O2/c1-20-8-6-12(22)14(19)13(23)7-9-21-11-5-3-2-4-10(11)15(16,17)18/h2-9,19-21H,1H3/b8-6+,9-7-,19-14?. The molecule has 0 bridgehead atoms. The van der Waals surface area contributed by atoms with Crippen LogP contribution in [0.2, 0.25) is 0 Å².